The van der Waals surface area contributed by atoms with E-state index >= 15 is 0 Å². The van der Waals surface area contributed by atoms with E-state index in [1.807, 2.05) is 12.1 Å². The molecular weight excluding hydrogens is 320 g/mol. The van der Waals surface area contributed by atoms with Gasteiger partial charge in [-0.2, -0.15) is 4.98 Å². The molecule has 0 aromatic carbocycles. The largest absolute Gasteiger partial charge is 0.475 e. The number of ether oxygens (including phenoxy) is 2. The lowest BCUT2D eigenvalue weighted by Crippen LogP contribution is -2.25. The summed E-state index contributed by atoms with van der Waals surface area (Å²) in [5.74, 6) is 2.61. The second-order valence-corrected chi connectivity index (χ2v) is 6.75. The van der Waals surface area contributed by atoms with Crippen LogP contribution in [-0.4, -0.2) is 53.4 Å². The molecule has 1 saturated carbocycles. The van der Waals surface area contributed by atoms with Gasteiger partial charge >= 0.3 is 0 Å². The molecule has 0 N–H and O–H groups in total. The predicted molar refractivity (Wildman–Crippen MR) is 91.2 cm³/mol. The minimum absolute atomic E-state index is 0.247. The van der Waals surface area contributed by atoms with Crippen molar-refractivity contribution in [2.45, 2.75) is 31.7 Å². The second-order valence-electron chi connectivity index (χ2n) is 6.75. The molecular formula is C18H24N4O3. The summed E-state index contributed by atoms with van der Waals surface area (Å²) < 4.78 is 16.3. The molecule has 0 amide bonds. The van der Waals surface area contributed by atoms with Crippen molar-refractivity contribution in [1.82, 2.24) is 20.0 Å². The van der Waals surface area contributed by atoms with Gasteiger partial charge in [-0.25, -0.2) is 4.98 Å². The molecule has 7 heteroatoms. The van der Waals surface area contributed by atoms with Crippen LogP contribution in [0.5, 0.6) is 5.88 Å². The first-order valence-electron chi connectivity index (χ1n) is 9.00. The molecule has 0 radical (unpaired) electrons. The summed E-state index contributed by atoms with van der Waals surface area (Å²) in [5.41, 5.74) is 0.750. The number of rotatable bonds is 8. The lowest BCUT2D eigenvalue weighted by Gasteiger charge is -2.20. The summed E-state index contributed by atoms with van der Waals surface area (Å²) >= 11 is 0. The molecule has 4 rings (SSSR count). The molecule has 0 spiro atoms. The van der Waals surface area contributed by atoms with Crippen molar-refractivity contribution in [3.05, 3.63) is 24.2 Å². The van der Waals surface area contributed by atoms with Crippen molar-refractivity contribution in [2.75, 3.05) is 33.4 Å². The number of hydrogen-bond acceptors (Lipinski definition) is 7. The molecule has 2 fully saturated rings. The highest BCUT2D eigenvalue weighted by atomic mass is 16.5. The molecule has 2 aromatic rings. The summed E-state index contributed by atoms with van der Waals surface area (Å²) in [5, 5.41) is 4.19. The van der Waals surface area contributed by atoms with Gasteiger partial charge in [0.25, 0.3) is 0 Å². The van der Waals surface area contributed by atoms with Crippen molar-refractivity contribution in [1.29, 1.82) is 0 Å². The van der Waals surface area contributed by atoms with Crippen LogP contribution >= 0.6 is 0 Å². The SMILES string of the molecule is COCCOc1ncccc1-c1noc([C@H]2CCCN2CC2CC2)n1. The Morgan fingerprint density at radius 1 is 1.28 bits per heavy atom. The van der Waals surface area contributed by atoms with Crippen LogP contribution in [0.15, 0.2) is 22.9 Å². The number of likely N-dealkylation sites (tertiary alicyclic amines) is 1. The Kier molecular flexibility index (Phi) is 4.94. The van der Waals surface area contributed by atoms with Crippen LogP contribution in [0, 0.1) is 5.92 Å². The zero-order valence-electron chi connectivity index (χ0n) is 14.6. The van der Waals surface area contributed by atoms with Gasteiger partial charge in [0.15, 0.2) is 0 Å². The molecule has 134 valence electrons. The smallest absolute Gasteiger partial charge is 0.244 e. The summed E-state index contributed by atoms with van der Waals surface area (Å²) in [6.07, 6.45) is 6.68. The number of pyridine rings is 1. The standard InChI is InChI=1S/C18H24N4O3/c1-23-10-11-24-17-14(4-2-8-19-17)16-20-18(25-21-16)15-5-3-9-22(15)12-13-6-7-13/h2,4,8,13,15H,3,5-7,9-12H2,1H3/t15-/m1/s1. The summed E-state index contributed by atoms with van der Waals surface area (Å²) in [6.45, 7) is 3.21. The zero-order chi connectivity index (χ0) is 17.1. The maximum absolute atomic E-state index is 5.68. The van der Waals surface area contributed by atoms with Crippen LogP contribution in [0.4, 0.5) is 0 Å². The summed E-state index contributed by atoms with van der Waals surface area (Å²) in [7, 11) is 1.64. The maximum atomic E-state index is 5.68. The molecule has 2 aromatic heterocycles. The third kappa shape index (κ3) is 3.82. The van der Waals surface area contributed by atoms with Gasteiger partial charge in [-0.3, -0.25) is 4.90 Å². The molecule has 7 nitrogen and oxygen atoms in total. The van der Waals surface area contributed by atoms with Gasteiger partial charge in [-0.05, 0) is 50.3 Å². The zero-order valence-corrected chi connectivity index (χ0v) is 14.6. The quantitative estimate of drug-likeness (QED) is 0.682. The summed E-state index contributed by atoms with van der Waals surface area (Å²) in [6, 6.07) is 4.00. The van der Waals surface area contributed by atoms with Gasteiger partial charge < -0.3 is 14.0 Å². The fraction of sp³-hybridized carbons (Fsp3) is 0.611. The second kappa shape index (κ2) is 7.49. The average Bonchev–Trinajstić information content (AvgIpc) is 3.12. The first-order valence-corrected chi connectivity index (χ1v) is 9.00. The third-order valence-corrected chi connectivity index (χ3v) is 4.82. The van der Waals surface area contributed by atoms with Crippen LogP contribution in [0.2, 0.25) is 0 Å². The Bertz CT molecular complexity index is 701. The van der Waals surface area contributed by atoms with Crippen molar-refractivity contribution < 1.29 is 14.0 Å². The molecule has 1 saturated heterocycles. The van der Waals surface area contributed by atoms with E-state index in [0.29, 0.717) is 30.8 Å². The monoisotopic (exact) mass is 344 g/mol. The van der Waals surface area contributed by atoms with Gasteiger partial charge in [-0.1, -0.05) is 5.16 Å². The Morgan fingerprint density at radius 3 is 3.04 bits per heavy atom. The van der Waals surface area contributed by atoms with E-state index in [1.54, 1.807) is 13.3 Å². The fourth-order valence-corrected chi connectivity index (χ4v) is 3.33. The summed E-state index contributed by atoms with van der Waals surface area (Å²) in [4.78, 5) is 11.4. The van der Waals surface area contributed by atoms with Crippen LogP contribution in [-0.2, 0) is 4.74 Å². The molecule has 2 aliphatic rings. The Morgan fingerprint density at radius 2 is 2.20 bits per heavy atom. The van der Waals surface area contributed by atoms with Crippen LogP contribution in [0.25, 0.3) is 11.4 Å². The Labute approximate surface area is 147 Å². The topological polar surface area (TPSA) is 73.5 Å². The number of methoxy groups -OCH3 is 1. The van der Waals surface area contributed by atoms with Crippen LogP contribution in [0.3, 0.4) is 0 Å². The number of aromatic nitrogens is 3. The molecule has 25 heavy (non-hydrogen) atoms. The van der Waals surface area contributed by atoms with Gasteiger partial charge in [0.2, 0.25) is 17.6 Å². The van der Waals surface area contributed by atoms with Gasteiger partial charge in [0.05, 0.1) is 18.2 Å². The molecule has 1 aliphatic heterocycles. The average molecular weight is 344 g/mol. The highest BCUT2D eigenvalue weighted by Crippen LogP contribution is 2.37. The predicted octanol–water partition coefficient (Wildman–Crippen LogP) is 2.70. The molecule has 1 aliphatic carbocycles. The molecule has 0 bridgehead atoms. The molecule has 3 heterocycles. The van der Waals surface area contributed by atoms with E-state index in [1.165, 1.54) is 19.3 Å². The number of hydrogen-bond donors (Lipinski definition) is 0. The minimum atomic E-state index is 0.247. The normalized spacial score (nSPS) is 20.9. The lowest BCUT2D eigenvalue weighted by molar-refractivity contribution is 0.144. The van der Waals surface area contributed by atoms with Crippen molar-refractivity contribution >= 4 is 0 Å². The van der Waals surface area contributed by atoms with Gasteiger partial charge in [0.1, 0.15) is 6.61 Å². The first kappa shape index (κ1) is 16.5. The van der Waals surface area contributed by atoms with E-state index in [4.69, 9.17) is 14.0 Å². The van der Waals surface area contributed by atoms with Gasteiger partial charge in [-0.15, -0.1) is 0 Å². The fourth-order valence-electron chi connectivity index (χ4n) is 3.33. The highest BCUT2D eigenvalue weighted by Gasteiger charge is 2.35. The Balaban J connectivity index is 1.51. The van der Waals surface area contributed by atoms with Crippen molar-refractivity contribution in [3.8, 4) is 17.3 Å². The molecule has 0 unspecified atom stereocenters. The van der Waals surface area contributed by atoms with E-state index in [9.17, 15) is 0 Å². The minimum Gasteiger partial charge on any atom is -0.475 e. The number of nitrogens with zero attached hydrogens (tertiary/aromatic N) is 4. The third-order valence-electron chi connectivity index (χ3n) is 4.82. The lowest BCUT2D eigenvalue weighted by atomic mass is 10.2. The first-order chi connectivity index (χ1) is 12.3. The van der Waals surface area contributed by atoms with E-state index in [-0.39, 0.29) is 6.04 Å². The van der Waals surface area contributed by atoms with E-state index in [2.05, 4.69) is 20.0 Å². The van der Waals surface area contributed by atoms with E-state index < -0.39 is 0 Å². The van der Waals surface area contributed by atoms with Crippen LogP contribution < -0.4 is 4.74 Å². The highest BCUT2D eigenvalue weighted by molar-refractivity contribution is 5.60. The molecule has 1 atom stereocenters. The Hall–Kier alpha value is -1.99. The van der Waals surface area contributed by atoms with E-state index in [0.717, 1.165) is 31.0 Å². The van der Waals surface area contributed by atoms with Crippen LogP contribution in [0.1, 0.15) is 37.6 Å². The van der Waals surface area contributed by atoms with Gasteiger partial charge in [0, 0.05) is 19.9 Å². The van der Waals surface area contributed by atoms with Crippen molar-refractivity contribution in [2.24, 2.45) is 5.92 Å². The van der Waals surface area contributed by atoms with Crippen molar-refractivity contribution in [3.63, 3.8) is 0 Å². The maximum Gasteiger partial charge on any atom is 0.244 e.